The Bertz CT molecular complexity index is 978. The molecule has 0 aliphatic carbocycles. The van der Waals surface area contributed by atoms with Gasteiger partial charge in [0.25, 0.3) is 0 Å². The fourth-order valence-electron chi connectivity index (χ4n) is 2.96. The second-order valence-corrected chi connectivity index (χ2v) is 8.98. The number of furan rings is 1. The van der Waals surface area contributed by atoms with Gasteiger partial charge in [0, 0.05) is 24.9 Å². The minimum absolute atomic E-state index is 0.0497. The number of hydrogen-bond acceptors (Lipinski definition) is 5. The van der Waals surface area contributed by atoms with E-state index in [0.717, 1.165) is 19.3 Å². The number of halogens is 1. The van der Waals surface area contributed by atoms with Crippen LogP contribution in [0.15, 0.2) is 50.4 Å². The van der Waals surface area contributed by atoms with Gasteiger partial charge in [-0.2, -0.15) is 4.31 Å². The maximum Gasteiger partial charge on any atom is 0.248 e. The van der Waals surface area contributed by atoms with E-state index in [1.807, 2.05) is 0 Å². The number of amides is 1. The molecule has 1 aliphatic heterocycles. The van der Waals surface area contributed by atoms with Crippen molar-refractivity contribution in [1.82, 2.24) is 4.31 Å². The first-order valence-corrected chi connectivity index (χ1v) is 11.1. The summed E-state index contributed by atoms with van der Waals surface area (Å²) in [6, 6.07) is 8.00. The van der Waals surface area contributed by atoms with Gasteiger partial charge < -0.3 is 14.5 Å². The molecule has 1 N–H and O–H groups in total. The molecule has 150 valence electrons. The van der Waals surface area contributed by atoms with E-state index in [1.54, 1.807) is 24.3 Å². The summed E-state index contributed by atoms with van der Waals surface area (Å²) in [4.78, 5) is 12.2. The first-order chi connectivity index (χ1) is 13.4. The summed E-state index contributed by atoms with van der Waals surface area (Å²) in [5.74, 6) is 0.365. The molecule has 28 heavy (non-hydrogen) atoms. The van der Waals surface area contributed by atoms with Crippen LogP contribution in [-0.4, -0.2) is 38.8 Å². The van der Waals surface area contributed by atoms with E-state index in [9.17, 15) is 13.2 Å². The van der Waals surface area contributed by atoms with Crippen molar-refractivity contribution in [2.75, 3.05) is 25.5 Å². The molecule has 0 unspecified atom stereocenters. The normalized spacial score (nSPS) is 15.6. The van der Waals surface area contributed by atoms with Crippen molar-refractivity contribution in [2.24, 2.45) is 0 Å². The minimum atomic E-state index is -3.70. The Balaban J connectivity index is 1.80. The van der Waals surface area contributed by atoms with Crippen molar-refractivity contribution in [3.05, 3.63) is 46.8 Å². The summed E-state index contributed by atoms with van der Waals surface area (Å²) in [5, 5.41) is 2.67. The van der Waals surface area contributed by atoms with Gasteiger partial charge in [-0.05, 0) is 65.2 Å². The zero-order valence-electron chi connectivity index (χ0n) is 15.4. The van der Waals surface area contributed by atoms with Crippen LogP contribution in [-0.2, 0) is 14.8 Å². The predicted octanol–water partition coefficient (Wildman–Crippen LogP) is 3.88. The van der Waals surface area contributed by atoms with Crippen molar-refractivity contribution in [3.8, 4) is 5.75 Å². The average Bonchev–Trinajstić information content (AvgIpc) is 3.12. The van der Waals surface area contributed by atoms with Crippen LogP contribution in [0.5, 0.6) is 5.75 Å². The van der Waals surface area contributed by atoms with E-state index in [4.69, 9.17) is 9.15 Å². The molecular formula is C19H21BrN2O5S. The highest BCUT2D eigenvalue weighted by Crippen LogP contribution is 2.31. The van der Waals surface area contributed by atoms with Gasteiger partial charge in [-0.1, -0.05) is 6.42 Å². The molecule has 1 saturated heterocycles. The Hall–Kier alpha value is -2.10. The lowest BCUT2D eigenvalue weighted by Crippen LogP contribution is -2.35. The summed E-state index contributed by atoms with van der Waals surface area (Å²) in [6.07, 6.45) is 5.54. The number of piperidine rings is 1. The van der Waals surface area contributed by atoms with E-state index >= 15 is 0 Å². The number of anilines is 1. The second kappa shape index (κ2) is 8.93. The van der Waals surface area contributed by atoms with Crippen molar-refractivity contribution in [1.29, 1.82) is 0 Å². The molecule has 2 aromatic rings. The summed E-state index contributed by atoms with van der Waals surface area (Å²) < 4.78 is 38.6. The third kappa shape index (κ3) is 4.84. The predicted molar refractivity (Wildman–Crippen MR) is 110 cm³/mol. The third-order valence-electron chi connectivity index (χ3n) is 4.36. The van der Waals surface area contributed by atoms with E-state index in [0.29, 0.717) is 29.2 Å². The van der Waals surface area contributed by atoms with E-state index < -0.39 is 15.9 Å². The van der Waals surface area contributed by atoms with Crippen LogP contribution >= 0.6 is 15.9 Å². The van der Waals surface area contributed by atoms with Crippen molar-refractivity contribution >= 4 is 43.6 Å². The van der Waals surface area contributed by atoms with Gasteiger partial charge in [0.1, 0.15) is 16.4 Å². The molecule has 1 fully saturated rings. The molecular weight excluding hydrogens is 448 g/mol. The first-order valence-electron chi connectivity index (χ1n) is 8.83. The summed E-state index contributed by atoms with van der Waals surface area (Å²) >= 11 is 3.19. The topological polar surface area (TPSA) is 88.8 Å². The number of hydrogen-bond donors (Lipinski definition) is 1. The number of sulfonamides is 1. The van der Waals surface area contributed by atoms with Crippen LogP contribution in [0.1, 0.15) is 25.0 Å². The monoisotopic (exact) mass is 468 g/mol. The number of benzene rings is 1. The van der Waals surface area contributed by atoms with Gasteiger partial charge in [-0.3, -0.25) is 4.79 Å². The molecule has 7 nitrogen and oxygen atoms in total. The standard InChI is InChI=1S/C19H21BrN2O5S/c1-26-16-8-5-14(21-19(23)10-7-15-6-9-18(20)27-15)13-17(16)28(24,25)22-11-3-2-4-12-22/h5-10,13H,2-4,11-12H2,1H3,(H,21,23). The van der Waals surface area contributed by atoms with Crippen LogP contribution in [0, 0.1) is 0 Å². The van der Waals surface area contributed by atoms with Crippen LogP contribution in [0.25, 0.3) is 6.08 Å². The molecule has 3 rings (SSSR count). The van der Waals surface area contributed by atoms with E-state index in [2.05, 4.69) is 21.2 Å². The summed E-state index contributed by atoms with van der Waals surface area (Å²) in [7, 11) is -2.27. The Morgan fingerprint density at radius 2 is 1.96 bits per heavy atom. The smallest absolute Gasteiger partial charge is 0.248 e. The molecule has 1 aliphatic rings. The SMILES string of the molecule is COc1ccc(NC(=O)C=Cc2ccc(Br)o2)cc1S(=O)(=O)N1CCCCC1. The zero-order chi connectivity index (χ0) is 20.1. The summed E-state index contributed by atoms with van der Waals surface area (Å²) in [5.41, 5.74) is 0.367. The molecule has 1 amide bonds. The number of carbonyl (C=O) groups excluding carboxylic acids is 1. The molecule has 0 saturated carbocycles. The van der Waals surface area contributed by atoms with Crippen molar-refractivity contribution in [2.45, 2.75) is 24.2 Å². The summed E-state index contributed by atoms with van der Waals surface area (Å²) in [6.45, 7) is 0.979. The van der Waals surface area contributed by atoms with Gasteiger partial charge in [0.05, 0.1) is 7.11 Å². The first kappa shape index (κ1) is 20.6. The molecule has 0 radical (unpaired) electrons. The Labute approximate surface area is 172 Å². The van der Waals surface area contributed by atoms with Crippen molar-refractivity contribution in [3.63, 3.8) is 0 Å². The number of carbonyl (C=O) groups is 1. The largest absolute Gasteiger partial charge is 0.495 e. The number of methoxy groups -OCH3 is 1. The maximum atomic E-state index is 13.0. The lowest BCUT2D eigenvalue weighted by atomic mass is 10.2. The van der Waals surface area contributed by atoms with Gasteiger partial charge in [0.15, 0.2) is 4.67 Å². The molecule has 0 bridgehead atoms. The Morgan fingerprint density at radius 1 is 1.21 bits per heavy atom. The highest BCUT2D eigenvalue weighted by atomic mass is 79.9. The third-order valence-corrected chi connectivity index (χ3v) is 6.70. The van der Waals surface area contributed by atoms with Gasteiger partial charge in [-0.15, -0.1) is 0 Å². The Morgan fingerprint density at radius 3 is 2.61 bits per heavy atom. The van der Waals surface area contributed by atoms with Gasteiger partial charge in [0.2, 0.25) is 15.9 Å². The lowest BCUT2D eigenvalue weighted by molar-refractivity contribution is -0.111. The van der Waals surface area contributed by atoms with Crippen LogP contribution in [0.3, 0.4) is 0 Å². The molecule has 0 atom stereocenters. The second-order valence-electron chi connectivity index (χ2n) is 6.29. The molecule has 1 aromatic heterocycles. The number of nitrogens with zero attached hydrogens (tertiary/aromatic N) is 1. The van der Waals surface area contributed by atoms with E-state index in [-0.39, 0.29) is 10.6 Å². The van der Waals surface area contributed by atoms with Gasteiger partial charge >= 0.3 is 0 Å². The highest BCUT2D eigenvalue weighted by Gasteiger charge is 2.29. The van der Waals surface area contributed by atoms with Crippen molar-refractivity contribution < 1.29 is 22.4 Å². The van der Waals surface area contributed by atoms with Crippen LogP contribution in [0.2, 0.25) is 0 Å². The lowest BCUT2D eigenvalue weighted by Gasteiger charge is -2.26. The fraction of sp³-hybridized carbons (Fsp3) is 0.316. The van der Waals surface area contributed by atoms with Crippen LogP contribution in [0.4, 0.5) is 5.69 Å². The van der Waals surface area contributed by atoms with E-state index in [1.165, 1.54) is 29.6 Å². The average molecular weight is 469 g/mol. The number of nitrogens with one attached hydrogen (secondary N) is 1. The Kier molecular flexibility index (Phi) is 6.58. The highest BCUT2D eigenvalue weighted by molar-refractivity contribution is 9.10. The molecule has 0 spiro atoms. The quantitative estimate of drug-likeness (QED) is 0.649. The molecule has 9 heteroatoms. The molecule has 1 aromatic carbocycles. The van der Waals surface area contributed by atoms with Gasteiger partial charge in [-0.25, -0.2) is 8.42 Å². The zero-order valence-corrected chi connectivity index (χ0v) is 17.8. The molecule has 2 heterocycles. The number of rotatable bonds is 6. The maximum absolute atomic E-state index is 13.0. The number of ether oxygens (including phenoxy) is 1. The fourth-order valence-corrected chi connectivity index (χ4v) is 4.98. The minimum Gasteiger partial charge on any atom is -0.495 e. The van der Waals surface area contributed by atoms with Crippen LogP contribution < -0.4 is 10.1 Å².